The fourth-order valence-electron chi connectivity index (χ4n) is 0.947. The number of rotatable bonds is 0. The molecule has 0 aliphatic carbocycles. The van der Waals surface area contributed by atoms with E-state index in [-0.39, 0.29) is 0 Å². The molecule has 2 heterocycles. The van der Waals surface area contributed by atoms with Crippen LogP contribution in [-0.4, -0.2) is 0 Å². The van der Waals surface area contributed by atoms with Gasteiger partial charge in [0.1, 0.15) is 5.82 Å². The van der Waals surface area contributed by atoms with E-state index in [0.717, 1.165) is 12.2 Å². The molecular weight excluding hydrogens is 144 g/mol. The van der Waals surface area contributed by atoms with E-state index in [9.17, 15) is 0 Å². The Morgan fingerprint density at radius 1 is 1.30 bits per heavy atom. The van der Waals surface area contributed by atoms with Crippen LogP contribution >= 0.6 is 11.8 Å². The summed E-state index contributed by atoms with van der Waals surface area (Å²) in [6.45, 7) is 0. The van der Waals surface area contributed by atoms with Crippen LogP contribution in [0.1, 0.15) is 6.42 Å². The third-order valence-corrected chi connectivity index (χ3v) is 2.41. The lowest BCUT2D eigenvalue weighted by molar-refractivity contribution is 0.966. The molecule has 0 aromatic rings. The molecule has 2 aliphatic rings. The summed E-state index contributed by atoms with van der Waals surface area (Å²) < 4.78 is 0. The first-order valence-electron chi connectivity index (χ1n) is 3.20. The SMILES string of the molecule is C1=CSC(=C2NC=CN2)C1. The number of hydrogen-bond acceptors (Lipinski definition) is 3. The van der Waals surface area contributed by atoms with Crippen LogP contribution in [0.25, 0.3) is 0 Å². The van der Waals surface area contributed by atoms with Crippen molar-refractivity contribution in [2.75, 3.05) is 0 Å². The largest absolute Gasteiger partial charge is 0.346 e. The van der Waals surface area contributed by atoms with Gasteiger partial charge in [0.2, 0.25) is 0 Å². The highest BCUT2D eigenvalue weighted by Gasteiger charge is 2.09. The summed E-state index contributed by atoms with van der Waals surface area (Å²) in [5, 5.41) is 8.37. The van der Waals surface area contributed by atoms with Crippen molar-refractivity contribution in [3.63, 3.8) is 0 Å². The number of allylic oxidation sites excluding steroid dienone is 2. The average Bonchev–Trinajstić information content (AvgIpc) is 2.59. The molecule has 2 rings (SSSR count). The maximum Gasteiger partial charge on any atom is 0.117 e. The van der Waals surface area contributed by atoms with Gasteiger partial charge in [0.05, 0.1) is 0 Å². The molecule has 0 amide bonds. The lowest BCUT2D eigenvalue weighted by Gasteiger charge is -2.02. The van der Waals surface area contributed by atoms with E-state index in [0.29, 0.717) is 0 Å². The van der Waals surface area contributed by atoms with Crippen LogP contribution in [0.15, 0.2) is 34.6 Å². The van der Waals surface area contributed by atoms with Gasteiger partial charge in [0, 0.05) is 23.7 Å². The van der Waals surface area contributed by atoms with Crippen molar-refractivity contribution in [1.29, 1.82) is 0 Å². The first kappa shape index (κ1) is 5.92. The van der Waals surface area contributed by atoms with Crippen molar-refractivity contribution >= 4 is 11.8 Å². The van der Waals surface area contributed by atoms with Gasteiger partial charge >= 0.3 is 0 Å². The van der Waals surface area contributed by atoms with Crippen molar-refractivity contribution < 1.29 is 0 Å². The Balaban J connectivity index is 2.14. The van der Waals surface area contributed by atoms with Crippen LogP contribution in [0.5, 0.6) is 0 Å². The monoisotopic (exact) mass is 152 g/mol. The summed E-state index contributed by atoms with van der Waals surface area (Å²) in [7, 11) is 0. The second kappa shape index (κ2) is 2.42. The maximum atomic E-state index is 3.13. The van der Waals surface area contributed by atoms with Crippen molar-refractivity contribution in [3.8, 4) is 0 Å². The molecule has 0 atom stereocenters. The molecule has 3 heteroatoms. The summed E-state index contributed by atoms with van der Waals surface area (Å²) in [6.07, 6.45) is 7.03. The molecule has 0 bridgehead atoms. The van der Waals surface area contributed by atoms with Crippen molar-refractivity contribution in [2.45, 2.75) is 6.42 Å². The molecule has 0 fully saturated rings. The molecule has 10 heavy (non-hydrogen) atoms. The van der Waals surface area contributed by atoms with E-state index in [4.69, 9.17) is 0 Å². The van der Waals surface area contributed by atoms with E-state index in [1.807, 2.05) is 12.4 Å². The Hall–Kier alpha value is -0.830. The third kappa shape index (κ3) is 0.926. The summed E-state index contributed by atoms with van der Waals surface area (Å²) in [6, 6.07) is 0. The van der Waals surface area contributed by atoms with E-state index < -0.39 is 0 Å². The Bertz CT molecular complexity index is 184. The van der Waals surface area contributed by atoms with Gasteiger partial charge in [-0.3, -0.25) is 0 Å². The first-order valence-corrected chi connectivity index (χ1v) is 4.08. The predicted octanol–water partition coefficient (Wildman–Crippen LogP) is 1.47. The van der Waals surface area contributed by atoms with E-state index in [1.54, 1.807) is 11.8 Å². The minimum atomic E-state index is 1.06. The fourth-order valence-corrected chi connectivity index (χ4v) is 1.73. The molecule has 0 unspecified atom stereocenters. The third-order valence-electron chi connectivity index (χ3n) is 1.43. The number of hydrogen-bond donors (Lipinski definition) is 2. The minimum absolute atomic E-state index is 1.06. The van der Waals surface area contributed by atoms with Crippen LogP contribution < -0.4 is 10.6 Å². The van der Waals surface area contributed by atoms with E-state index in [1.165, 1.54) is 4.91 Å². The van der Waals surface area contributed by atoms with Gasteiger partial charge in [-0.25, -0.2) is 0 Å². The van der Waals surface area contributed by atoms with Gasteiger partial charge in [-0.2, -0.15) is 0 Å². The molecule has 0 spiro atoms. The van der Waals surface area contributed by atoms with Gasteiger partial charge in [0.25, 0.3) is 0 Å². The number of nitrogens with one attached hydrogen (secondary N) is 2. The van der Waals surface area contributed by atoms with Crippen molar-refractivity contribution in [1.82, 2.24) is 10.6 Å². The molecule has 2 N–H and O–H groups in total. The van der Waals surface area contributed by atoms with Crippen LogP contribution in [-0.2, 0) is 0 Å². The Kier molecular flexibility index (Phi) is 1.43. The Morgan fingerprint density at radius 2 is 2.10 bits per heavy atom. The topological polar surface area (TPSA) is 24.1 Å². The zero-order chi connectivity index (χ0) is 6.81. The molecule has 0 saturated carbocycles. The standard InChI is InChI=1S/C7H8N2S/c1-2-6(10-5-1)7-8-3-4-9-7/h1,3-5,8-9H,2H2. The van der Waals surface area contributed by atoms with Crippen LogP contribution in [0.3, 0.4) is 0 Å². The number of thioether (sulfide) groups is 1. The Morgan fingerprint density at radius 3 is 2.70 bits per heavy atom. The van der Waals surface area contributed by atoms with Crippen molar-refractivity contribution in [2.24, 2.45) is 0 Å². The van der Waals surface area contributed by atoms with Gasteiger partial charge in [-0.15, -0.1) is 0 Å². The Labute approximate surface area is 64.1 Å². The second-order valence-corrected chi connectivity index (χ2v) is 3.11. The highest BCUT2D eigenvalue weighted by atomic mass is 32.2. The molecule has 0 aromatic heterocycles. The first-order chi connectivity index (χ1) is 4.97. The van der Waals surface area contributed by atoms with Crippen LogP contribution in [0, 0.1) is 0 Å². The molecule has 0 radical (unpaired) electrons. The van der Waals surface area contributed by atoms with Crippen LogP contribution in [0.2, 0.25) is 0 Å². The molecule has 52 valence electrons. The smallest absolute Gasteiger partial charge is 0.117 e. The molecular formula is C7H8N2S. The van der Waals surface area contributed by atoms with Crippen LogP contribution in [0.4, 0.5) is 0 Å². The minimum Gasteiger partial charge on any atom is -0.346 e. The predicted molar refractivity (Wildman–Crippen MR) is 43.8 cm³/mol. The molecule has 0 aromatic carbocycles. The fraction of sp³-hybridized carbons (Fsp3) is 0.143. The summed E-state index contributed by atoms with van der Waals surface area (Å²) in [5.74, 6) is 1.13. The normalized spacial score (nSPS) is 21.6. The van der Waals surface area contributed by atoms with Gasteiger partial charge < -0.3 is 10.6 Å². The molecule has 2 nitrogen and oxygen atoms in total. The molecule has 0 saturated heterocycles. The second-order valence-electron chi connectivity index (χ2n) is 2.11. The zero-order valence-corrected chi connectivity index (χ0v) is 6.24. The quantitative estimate of drug-likeness (QED) is 0.549. The van der Waals surface area contributed by atoms with E-state index in [2.05, 4.69) is 22.1 Å². The van der Waals surface area contributed by atoms with E-state index >= 15 is 0 Å². The zero-order valence-electron chi connectivity index (χ0n) is 5.42. The van der Waals surface area contributed by atoms with Gasteiger partial charge in [0.15, 0.2) is 0 Å². The lowest BCUT2D eigenvalue weighted by atomic mass is 10.4. The van der Waals surface area contributed by atoms with Gasteiger partial charge in [-0.1, -0.05) is 17.8 Å². The highest BCUT2D eigenvalue weighted by molar-refractivity contribution is 8.06. The summed E-state index contributed by atoms with van der Waals surface area (Å²) >= 11 is 1.77. The highest BCUT2D eigenvalue weighted by Crippen LogP contribution is 2.29. The van der Waals surface area contributed by atoms with Crippen molar-refractivity contribution in [3.05, 3.63) is 34.6 Å². The lowest BCUT2D eigenvalue weighted by Crippen LogP contribution is -2.11. The average molecular weight is 152 g/mol. The summed E-state index contributed by atoms with van der Waals surface area (Å²) in [4.78, 5) is 1.37. The molecule has 2 aliphatic heterocycles. The maximum absolute atomic E-state index is 3.13. The summed E-state index contributed by atoms with van der Waals surface area (Å²) in [5.41, 5.74) is 0. The van der Waals surface area contributed by atoms with Gasteiger partial charge in [-0.05, 0) is 5.41 Å².